The largest absolute Gasteiger partial charge is 0.458 e. The van der Waals surface area contributed by atoms with Gasteiger partial charge in [-0.2, -0.15) is 0 Å². The maximum Gasteiger partial charge on any atom is 0.333 e. The molecule has 4 nitrogen and oxygen atoms in total. The quantitative estimate of drug-likeness (QED) is 0.458. The van der Waals surface area contributed by atoms with Crippen molar-refractivity contribution < 1.29 is 19.1 Å². The molecule has 0 heterocycles. The van der Waals surface area contributed by atoms with Gasteiger partial charge in [0.25, 0.3) is 0 Å². The van der Waals surface area contributed by atoms with Gasteiger partial charge in [-0.05, 0) is 12.5 Å². The van der Waals surface area contributed by atoms with Crippen molar-refractivity contribution >= 4 is 11.9 Å². The van der Waals surface area contributed by atoms with Gasteiger partial charge in [0, 0.05) is 11.6 Å². The molecule has 0 bridgehead atoms. The third-order valence-corrected chi connectivity index (χ3v) is 2.07. The van der Waals surface area contributed by atoms with Gasteiger partial charge in [-0.25, -0.2) is 9.59 Å². The van der Waals surface area contributed by atoms with Crippen LogP contribution in [0.1, 0.15) is 12.5 Å². The molecule has 0 aliphatic heterocycles. The van der Waals surface area contributed by atoms with Crippen LogP contribution in [0.3, 0.4) is 0 Å². The second kappa shape index (κ2) is 11.2. The first-order chi connectivity index (χ1) is 10.0. The zero-order valence-electron chi connectivity index (χ0n) is 12.2. The van der Waals surface area contributed by atoms with Gasteiger partial charge >= 0.3 is 11.9 Å². The van der Waals surface area contributed by atoms with Crippen LogP contribution >= 0.6 is 0 Å². The summed E-state index contributed by atoms with van der Waals surface area (Å²) in [7, 11) is 0. The summed E-state index contributed by atoms with van der Waals surface area (Å²) in [6.45, 7) is 12.3. The second-order valence-corrected chi connectivity index (χ2v) is 3.96. The molecular weight excluding hydrogens is 268 g/mol. The van der Waals surface area contributed by atoms with Crippen LogP contribution in [-0.4, -0.2) is 18.5 Å². The lowest BCUT2D eigenvalue weighted by Crippen LogP contribution is -2.03. The van der Waals surface area contributed by atoms with Crippen LogP contribution in [0.2, 0.25) is 0 Å². The Labute approximate surface area is 125 Å². The molecule has 1 aromatic rings. The summed E-state index contributed by atoms with van der Waals surface area (Å²) in [5, 5.41) is 0. The maximum absolute atomic E-state index is 10.6. The predicted octanol–water partition coefficient (Wildman–Crippen LogP) is 3.21. The van der Waals surface area contributed by atoms with E-state index in [-0.39, 0.29) is 18.5 Å². The van der Waals surface area contributed by atoms with Crippen molar-refractivity contribution in [2.45, 2.75) is 13.5 Å². The van der Waals surface area contributed by atoms with Crippen molar-refractivity contribution in [3.05, 3.63) is 73.4 Å². The number of rotatable bonds is 6. The van der Waals surface area contributed by atoms with E-state index in [1.165, 1.54) is 6.08 Å². The van der Waals surface area contributed by atoms with Crippen molar-refractivity contribution in [3.63, 3.8) is 0 Å². The number of hydrogen-bond donors (Lipinski definition) is 0. The van der Waals surface area contributed by atoms with Crippen LogP contribution in [0, 0.1) is 0 Å². The molecule has 0 aliphatic carbocycles. The number of benzene rings is 1. The molecule has 0 fully saturated rings. The molecule has 0 amide bonds. The first-order valence-corrected chi connectivity index (χ1v) is 6.28. The molecular formula is C17H20O4. The van der Waals surface area contributed by atoms with Gasteiger partial charge < -0.3 is 9.47 Å². The lowest BCUT2D eigenvalue weighted by Gasteiger charge is -2.00. The Bertz CT molecular complexity index is 489. The van der Waals surface area contributed by atoms with E-state index >= 15 is 0 Å². The molecule has 0 spiro atoms. The van der Waals surface area contributed by atoms with Gasteiger partial charge in [0.15, 0.2) is 0 Å². The Morgan fingerprint density at radius 1 is 1.14 bits per heavy atom. The van der Waals surface area contributed by atoms with E-state index in [9.17, 15) is 9.59 Å². The molecule has 0 aromatic heterocycles. The van der Waals surface area contributed by atoms with E-state index in [2.05, 4.69) is 24.5 Å². The fourth-order valence-corrected chi connectivity index (χ4v) is 1.05. The molecule has 0 unspecified atom stereocenters. The number of hydrogen-bond acceptors (Lipinski definition) is 4. The lowest BCUT2D eigenvalue weighted by atomic mass is 10.2. The first-order valence-electron chi connectivity index (χ1n) is 6.28. The van der Waals surface area contributed by atoms with Crippen molar-refractivity contribution in [1.82, 2.24) is 0 Å². The molecule has 0 N–H and O–H groups in total. The zero-order chi connectivity index (χ0) is 16.1. The molecule has 1 rings (SSSR count). The molecule has 112 valence electrons. The number of esters is 2. The predicted molar refractivity (Wildman–Crippen MR) is 82.4 cm³/mol. The summed E-state index contributed by atoms with van der Waals surface area (Å²) in [6, 6.07) is 9.51. The average Bonchev–Trinajstić information content (AvgIpc) is 2.51. The summed E-state index contributed by atoms with van der Waals surface area (Å²) in [5.41, 5.74) is 1.39. The summed E-state index contributed by atoms with van der Waals surface area (Å²) < 4.78 is 9.42. The minimum absolute atomic E-state index is 0.256. The molecule has 0 radical (unpaired) electrons. The van der Waals surface area contributed by atoms with Gasteiger partial charge in [-0.15, -0.1) is 0 Å². The maximum atomic E-state index is 10.6. The standard InChI is InChI=1S/C10H10O2.C7H10O2/c1-2-10(11)12-8-9-6-4-3-5-7-9;1-4-5-9-7(8)6(2)3/h2-7H,1,8H2;4H,1-2,5H2,3H3. The van der Waals surface area contributed by atoms with Crippen molar-refractivity contribution in [2.75, 3.05) is 6.61 Å². The van der Waals surface area contributed by atoms with Crippen LogP contribution in [-0.2, 0) is 25.7 Å². The molecule has 0 saturated heterocycles. The van der Waals surface area contributed by atoms with Gasteiger partial charge in [-0.1, -0.05) is 56.1 Å². The Morgan fingerprint density at radius 2 is 1.76 bits per heavy atom. The van der Waals surface area contributed by atoms with Crippen LogP contribution < -0.4 is 0 Å². The Morgan fingerprint density at radius 3 is 2.24 bits per heavy atom. The second-order valence-electron chi connectivity index (χ2n) is 3.96. The highest BCUT2D eigenvalue weighted by Gasteiger charge is 1.98. The van der Waals surface area contributed by atoms with Crippen LogP contribution in [0.5, 0.6) is 0 Å². The summed E-state index contributed by atoms with van der Waals surface area (Å²) in [5.74, 6) is -0.756. The Kier molecular flexibility index (Phi) is 9.83. The molecule has 0 atom stereocenters. The van der Waals surface area contributed by atoms with Crippen LogP contribution in [0.4, 0.5) is 0 Å². The molecule has 1 aromatic carbocycles. The molecule has 21 heavy (non-hydrogen) atoms. The zero-order valence-corrected chi connectivity index (χ0v) is 12.2. The minimum atomic E-state index is -0.390. The van der Waals surface area contributed by atoms with E-state index in [0.29, 0.717) is 12.2 Å². The summed E-state index contributed by atoms with van der Waals surface area (Å²) >= 11 is 0. The molecule has 0 saturated carbocycles. The number of ether oxygens (including phenoxy) is 2. The van der Waals surface area contributed by atoms with E-state index in [1.807, 2.05) is 30.3 Å². The van der Waals surface area contributed by atoms with E-state index in [4.69, 9.17) is 4.74 Å². The highest BCUT2D eigenvalue weighted by molar-refractivity contribution is 5.86. The number of carbonyl (C=O) groups is 2. The highest BCUT2D eigenvalue weighted by atomic mass is 16.5. The van der Waals surface area contributed by atoms with Crippen molar-refractivity contribution in [1.29, 1.82) is 0 Å². The Hall–Kier alpha value is -2.62. The fraction of sp³-hybridized carbons (Fsp3) is 0.176. The van der Waals surface area contributed by atoms with Crippen LogP contribution in [0.25, 0.3) is 0 Å². The van der Waals surface area contributed by atoms with E-state index in [0.717, 1.165) is 11.6 Å². The smallest absolute Gasteiger partial charge is 0.333 e. The lowest BCUT2D eigenvalue weighted by molar-refractivity contribution is -0.139. The van der Waals surface area contributed by atoms with Gasteiger partial charge in [0.1, 0.15) is 13.2 Å². The fourth-order valence-electron chi connectivity index (χ4n) is 1.05. The van der Waals surface area contributed by atoms with E-state index in [1.54, 1.807) is 6.92 Å². The average molecular weight is 288 g/mol. The molecule has 0 aliphatic rings. The van der Waals surface area contributed by atoms with Crippen molar-refractivity contribution in [3.8, 4) is 0 Å². The first kappa shape index (κ1) is 18.4. The van der Waals surface area contributed by atoms with Gasteiger partial charge in [0.05, 0.1) is 0 Å². The SMILES string of the molecule is C=CC(=O)OCc1ccccc1.C=CCOC(=O)C(=C)C. The van der Waals surface area contributed by atoms with Gasteiger partial charge in [-0.3, -0.25) is 0 Å². The minimum Gasteiger partial charge on any atom is -0.458 e. The van der Waals surface area contributed by atoms with E-state index < -0.39 is 0 Å². The van der Waals surface area contributed by atoms with Gasteiger partial charge in [0.2, 0.25) is 0 Å². The highest BCUT2D eigenvalue weighted by Crippen LogP contribution is 2.00. The summed E-state index contributed by atoms with van der Waals surface area (Å²) in [4.78, 5) is 21.2. The monoisotopic (exact) mass is 288 g/mol. The summed E-state index contributed by atoms with van der Waals surface area (Å²) in [6.07, 6.45) is 2.67. The number of carbonyl (C=O) groups excluding carboxylic acids is 2. The topological polar surface area (TPSA) is 52.6 Å². The third-order valence-electron chi connectivity index (χ3n) is 2.07. The van der Waals surface area contributed by atoms with Crippen molar-refractivity contribution in [2.24, 2.45) is 0 Å². The third kappa shape index (κ3) is 9.90. The normalized spacial score (nSPS) is 8.62. The Balaban J connectivity index is 0.000000400. The molecule has 4 heteroatoms. The van der Waals surface area contributed by atoms with Crippen LogP contribution in [0.15, 0.2) is 67.8 Å².